The van der Waals surface area contributed by atoms with Gasteiger partial charge in [-0.3, -0.25) is 9.10 Å². The molecule has 0 aliphatic rings. The van der Waals surface area contributed by atoms with E-state index in [0.717, 1.165) is 15.4 Å². The first-order chi connectivity index (χ1) is 16.2. The maximum Gasteiger partial charge on any atom is 0.264 e. The van der Waals surface area contributed by atoms with E-state index in [4.69, 9.17) is 14.2 Å². The second-order valence-corrected chi connectivity index (χ2v) is 9.48. The predicted octanol–water partition coefficient (Wildman–Crippen LogP) is 4.16. The molecule has 0 spiro atoms. The van der Waals surface area contributed by atoms with Crippen molar-refractivity contribution in [3.05, 3.63) is 71.8 Å². The summed E-state index contributed by atoms with van der Waals surface area (Å²) in [6.07, 6.45) is 0. The first-order valence-electron chi connectivity index (χ1n) is 10.5. The van der Waals surface area contributed by atoms with E-state index >= 15 is 0 Å². The van der Waals surface area contributed by atoms with Gasteiger partial charge in [0.1, 0.15) is 23.8 Å². The number of hydrogen-bond donors (Lipinski definition) is 1. The van der Waals surface area contributed by atoms with Gasteiger partial charge in [0.25, 0.3) is 10.0 Å². The number of benzene rings is 3. The number of methoxy groups -OCH3 is 3. The van der Waals surface area contributed by atoms with Crippen molar-refractivity contribution in [1.82, 2.24) is 0 Å². The highest BCUT2D eigenvalue weighted by atomic mass is 32.2. The summed E-state index contributed by atoms with van der Waals surface area (Å²) in [6.45, 7) is 3.22. The summed E-state index contributed by atoms with van der Waals surface area (Å²) in [7, 11) is 0.351. The van der Waals surface area contributed by atoms with Gasteiger partial charge in [-0.05, 0) is 55.8 Å². The van der Waals surface area contributed by atoms with Gasteiger partial charge in [0.05, 0.1) is 37.6 Å². The lowest BCUT2D eigenvalue weighted by Crippen LogP contribution is -2.38. The van der Waals surface area contributed by atoms with Gasteiger partial charge in [-0.25, -0.2) is 8.42 Å². The Balaban J connectivity index is 2.02. The van der Waals surface area contributed by atoms with Gasteiger partial charge in [-0.1, -0.05) is 23.8 Å². The van der Waals surface area contributed by atoms with E-state index in [9.17, 15) is 13.2 Å². The van der Waals surface area contributed by atoms with Crippen LogP contribution >= 0.6 is 0 Å². The molecule has 0 radical (unpaired) electrons. The number of sulfonamides is 1. The normalized spacial score (nSPS) is 11.0. The highest BCUT2D eigenvalue weighted by Gasteiger charge is 2.30. The predicted molar refractivity (Wildman–Crippen MR) is 132 cm³/mol. The van der Waals surface area contributed by atoms with E-state index in [1.165, 1.54) is 33.5 Å². The Morgan fingerprint density at radius 2 is 1.47 bits per heavy atom. The lowest BCUT2D eigenvalue weighted by molar-refractivity contribution is -0.114. The summed E-state index contributed by atoms with van der Waals surface area (Å²) in [5.41, 5.74) is 2.39. The number of nitrogens with one attached hydrogen (secondary N) is 1. The number of carbonyl (C=O) groups is 1. The van der Waals surface area contributed by atoms with Gasteiger partial charge in [-0.15, -0.1) is 0 Å². The quantitative estimate of drug-likeness (QED) is 0.490. The van der Waals surface area contributed by atoms with E-state index in [-0.39, 0.29) is 10.6 Å². The Kier molecular flexibility index (Phi) is 7.68. The van der Waals surface area contributed by atoms with Crippen LogP contribution in [0.2, 0.25) is 0 Å². The average Bonchev–Trinajstić information content (AvgIpc) is 2.83. The minimum atomic E-state index is -4.09. The molecule has 0 saturated carbocycles. The van der Waals surface area contributed by atoms with Gasteiger partial charge in [0.15, 0.2) is 0 Å². The molecule has 3 aromatic carbocycles. The number of ether oxygens (including phenoxy) is 3. The smallest absolute Gasteiger partial charge is 0.264 e. The van der Waals surface area contributed by atoms with Crippen LogP contribution in [0, 0.1) is 13.8 Å². The number of carbonyl (C=O) groups excluding carboxylic acids is 1. The molecule has 0 aromatic heterocycles. The van der Waals surface area contributed by atoms with Crippen LogP contribution < -0.4 is 23.8 Å². The Bertz CT molecular complexity index is 1270. The molecule has 0 heterocycles. The molecule has 180 valence electrons. The van der Waals surface area contributed by atoms with Crippen LogP contribution in [0.5, 0.6) is 17.2 Å². The molecular formula is C25H28N2O6S. The fourth-order valence-electron chi connectivity index (χ4n) is 3.35. The van der Waals surface area contributed by atoms with Crippen LogP contribution in [-0.2, 0) is 14.8 Å². The summed E-state index contributed by atoms with van der Waals surface area (Å²) in [5.74, 6) is 0.718. The van der Waals surface area contributed by atoms with Crippen molar-refractivity contribution in [2.24, 2.45) is 0 Å². The van der Waals surface area contributed by atoms with Crippen LogP contribution in [0.3, 0.4) is 0 Å². The summed E-state index contributed by atoms with van der Waals surface area (Å²) >= 11 is 0. The first-order valence-corrected chi connectivity index (χ1v) is 11.9. The summed E-state index contributed by atoms with van der Waals surface area (Å²) in [5, 5.41) is 2.73. The number of amides is 1. The molecule has 0 aliphatic carbocycles. The molecule has 3 rings (SSSR count). The van der Waals surface area contributed by atoms with Crippen molar-refractivity contribution in [1.29, 1.82) is 0 Å². The molecule has 0 aliphatic heterocycles. The summed E-state index contributed by atoms with van der Waals surface area (Å²) < 4.78 is 44.3. The van der Waals surface area contributed by atoms with Crippen molar-refractivity contribution in [3.63, 3.8) is 0 Å². The maximum absolute atomic E-state index is 13.7. The molecule has 0 bridgehead atoms. The topological polar surface area (TPSA) is 94.2 Å². The minimum Gasteiger partial charge on any atom is -0.497 e. The standard InChI is InChI=1S/C25H28N2O6S/c1-17-6-10-20(11-7-17)34(29,30)27(22-14-18(2)8-13-23(22)32-4)16-25(28)26-21-12-9-19(31-3)15-24(21)33-5/h6-15H,16H2,1-5H3,(H,26,28). The first kappa shape index (κ1) is 24.9. The highest BCUT2D eigenvalue weighted by Crippen LogP contribution is 2.34. The molecule has 0 atom stereocenters. The van der Waals surface area contributed by atoms with Crippen LogP contribution in [0.1, 0.15) is 11.1 Å². The van der Waals surface area contributed by atoms with Crippen molar-refractivity contribution in [3.8, 4) is 17.2 Å². The van der Waals surface area contributed by atoms with Gasteiger partial charge in [-0.2, -0.15) is 0 Å². The summed E-state index contributed by atoms with van der Waals surface area (Å²) in [6, 6.07) is 16.5. The van der Waals surface area contributed by atoms with Gasteiger partial charge >= 0.3 is 0 Å². The largest absolute Gasteiger partial charge is 0.497 e. The van der Waals surface area contributed by atoms with Crippen LogP contribution in [-0.4, -0.2) is 42.2 Å². The molecule has 34 heavy (non-hydrogen) atoms. The van der Waals surface area contributed by atoms with Gasteiger partial charge < -0.3 is 19.5 Å². The fourth-order valence-corrected chi connectivity index (χ4v) is 4.78. The number of nitrogens with zero attached hydrogens (tertiary/aromatic N) is 1. The average molecular weight is 485 g/mol. The Morgan fingerprint density at radius 3 is 2.09 bits per heavy atom. The van der Waals surface area contributed by atoms with Crippen molar-refractivity contribution < 1.29 is 27.4 Å². The maximum atomic E-state index is 13.7. The number of aryl methyl sites for hydroxylation is 2. The van der Waals surface area contributed by atoms with E-state index in [1.807, 2.05) is 13.8 Å². The van der Waals surface area contributed by atoms with E-state index in [0.29, 0.717) is 22.9 Å². The molecule has 0 saturated heterocycles. The third-order valence-electron chi connectivity index (χ3n) is 5.18. The Hall–Kier alpha value is -3.72. The second kappa shape index (κ2) is 10.5. The number of anilines is 2. The van der Waals surface area contributed by atoms with E-state index in [2.05, 4.69) is 5.32 Å². The van der Waals surface area contributed by atoms with Crippen molar-refractivity contribution in [2.45, 2.75) is 18.7 Å². The zero-order valence-electron chi connectivity index (χ0n) is 19.8. The third kappa shape index (κ3) is 5.43. The SMILES string of the molecule is COc1ccc(NC(=O)CN(c2cc(C)ccc2OC)S(=O)(=O)c2ccc(C)cc2)c(OC)c1. The Morgan fingerprint density at radius 1 is 0.824 bits per heavy atom. The van der Waals surface area contributed by atoms with Gasteiger partial charge in [0, 0.05) is 6.07 Å². The molecule has 0 fully saturated rings. The van der Waals surface area contributed by atoms with Crippen molar-refractivity contribution >= 4 is 27.3 Å². The molecule has 1 amide bonds. The zero-order chi connectivity index (χ0) is 24.9. The van der Waals surface area contributed by atoms with Crippen molar-refractivity contribution in [2.75, 3.05) is 37.5 Å². The third-order valence-corrected chi connectivity index (χ3v) is 6.96. The second-order valence-electron chi connectivity index (χ2n) is 7.61. The van der Waals surface area contributed by atoms with Crippen LogP contribution in [0.25, 0.3) is 0 Å². The number of rotatable bonds is 9. The molecular weight excluding hydrogens is 456 g/mol. The highest BCUT2D eigenvalue weighted by molar-refractivity contribution is 7.92. The van der Waals surface area contributed by atoms with Crippen LogP contribution in [0.4, 0.5) is 11.4 Å². The molecule has 3 aromatic rings. The Labute approximate surface area is 200 Å². The van der Waals surface area contributed by atoms with Crippen LogP contribution in [0.15, 0.2) is 65.6 Å². The minimum absolute atomic E-state index is 0.0662. The van der Waals surface area contributed by atoms with E-state index in [1.54, 1.807) is 48.5 Å². The fraction of sp³-hybridized carbons (Fsp3) is 0.240. The molecule has 8 nitrogen and oxygen atoms in total. The summed E-state index contributed by atoms with van der Waals surface area (Å²) in [4.78, 5) is 13.2. The lowest BCUT2D eigenvalue weighted by atomic mass is 10.2. The van der Waals surface area contributed by atoms with Gasteiger partial charge in [0.2, 0.25) is 5.91 Å². The molecule has 0 unspecified atom stereocenters. The lowest BCUT2D eigenvalue weighted by Gasteiger charge is -2.26. The monoisotopic (exact) mass is 484 g/mol. The zero-order valence-corrected chi connectivity index (χ0v) is 20.6. The van der Waals surface area contributed by atoms with E-state index < -0.39 is 22.5 Å². The molecule has 1 N–H and O–H groups in total. The number of hydrogen-bond acceptors (Lipinski definition) is 6. The molecule has 9 heteroatoms.